The summed E-state index contributed by atoms with van der Waals surface area (Å²) in [4.78, 5) is 0. The van der Waals surface area contributed by atoms with Gasteiger partial charge in [0, 0.05) is 33.3 Å². The third-order valence-electron chi connectivity index (χ3n) is 4.53. The summed E-state index contributed by atoms with van der Waals surface area (Å²) in [7, 11) is 2.11. The molecule has 0 aliphatic rings. The highest BCUT2D eigenvalue weighted by molar-refractivity contribution is 9.10. The van der Waals surface area contributed by atoms with Gasteiger partial charge in [-0.2, -0.15) is 5.10 Å². The van der Waals surface area contributed by atoms with Crippen LogP contribution in [0.2, 0.25) is 0 Å². The number of fused-ring (bicyclic) bond motifs is 3. The van der Waals surface area contributed by atoms with E-state index >= 15 is 0 Å². The molecule has 1 N–H and O–H groups in total. The Morgan fingerprint density at radius 2 is 1.64 bits per heavy atom. The van der Waals surface area contributed by atoms with E-state index in [1.165, 1.54) is 21.8 Å². The average molecular weight is 392 g/mol. The number of para-hydroxylation sites is 1. The first kappa shape index (κ1) is 15.9. The number of benzene rings is 3. The van der Waals surface area contributed by atoms with Crippen molar-refractivity contribution in [1.82, 2.24) is 4.57 Å². The minimum absolute atomic E-state index is 0.956. The molecule has 3 nitrogen and oxygen atoms in total. The number of hydrazone groups is 1. The van der Waals surface area contributed by atoms with E-state index in [9.17, 15) is 0 Å². The van der Waals surface area contributed by atoms with Gasteiger partial charge in [0.1, 0.15) is 0 Å². The number of anilines is 1. The fourth-order valence-electron chi connectivity index (χ4n) is 3.13. The maximum atomic E-state index is 4.53. The number of hydrogen-bond donors (Lipinski definition) is 1. The molecule has 0 radical (unpaired) electrons. The zero-order valence-corrected chi connectivity index (χ0v) is 15.7. The number of hydrogen-bond acceptors (Lipinski definition) is 2. The summed E-state index contributed by atoms with van der Waals surface area (Å²) in [6, 6.07) is 23.0. The average Bonchev–Trinajstić information content (AvgIpc) is 2.93. The monoisotopic (exact) mass is 391 g/mol. The van der Waals surface area contributed by atoms with Gasteiger partial charge in [-0.05, 0) is 55.0 Å². The highest BCUT2D eigenvalue weighted by atomic mass is 79.9. The van der Waals surface area contributed by atoms with Crippen LogP contribution in [0.1, 0.15) is 12.5 Å². The molecule has 0 bridgehead atoms. The summed E-state index contributed by atoms with van der Waals surface area (Å²) in [5.74, 6) is 0. The number of aryl methyl sites for hydroxylation is 1. The molecule has 25 heavy (non-hydrogen) atoms. The summed E-state index contributed by atoms with van der Waals surface area (Å²) in [6.07, 6.45) is 0. The van der Waals surface area contributed by atoms with Crippen molar-refractivity contribution < 1.29 is 0 Å². The molecule has 0 amide bonds. The normalized spacial score (nSPS) is 12.0. The predicted octanol–water partition coefficient (Wildman–Crippen LogP) is 5.93. The minimum Gasteiger partial charge on any atom is -0.344 e. The van der Waals surface area contributed by atoms with Gasteiger partial charge in [-0.3, -0.25) is 5.43 Å². The van der Waals surface area contributed by atoms with Crippen molar-refractivity contribution in [3.8, 4) is 0 Å². The van der Waals surface area contributed by atoms with Crippen molar-refractivity contribution in [2.75, 3.05) is 5.43 Å². The lowest BCUT2D eigenvalue weighted by molar-refractivity contribution is 1.01. The second-order valence-corrected chi connectivity index (χ2v) is 7.04. The molecular formula is C21H18BrN3. The van der Waals surface area contributed by atoms with E-state index in [0.29, 0.717) is 0 Å². The second kappa shape index (κ2) is 6.37. The Morgan fingerprint density at radius 1 is 0.920 bits per heavy atom. The molecular weight excluding hydrogens is 374 g/mol. The van der Waals surface area contributed by atoms with Crippen LogP contribution in [0.5, 0.6) is 0 Å². The fourth-order valence-corrected chi connectivity index (χ4v) is 3.39. The van der Waals surface area contributed by atoms with Gasteiger partial charge >= 0.3 is 0 Å². The lowest BCUT2D eigenvalue weighted by Crippen LogP contribution is -1.99. The molecule has 0 spiro atoms. The van der Waals surface area contributed by atoms with Crippen molar-refractivity contribution >= 4 is 49.1 Å². The molecule has 1 aromatic heterocycles. The summed E-state index contributed by atoms with van der Waals surface area (Å²) in [5.41, 5.74) is 8.65. The molecule has 3 aromatic carbocycles. The smallest absolute Gasteiger partial charge is 0.0648 e. The molecule has 4 aromatic rings. The van der Waals surface area contributed by atoms with Crippen molar-refractivity contribution in [2.45, 2.75) is 6.92 Å². The summed E-state index contributed by atoms with van der Waals surface area (Å²) in [6.45, 7) is 2.03. The van der Waals surface area contributed by atoms with Crippen molar-refractivity contribution in [3.63, 3.8) is 0 Å². The summed E-state index contributed by atoms with van der Waals surface area (Å²) >= 11 is 3.44. The Hall–Kier alpha value is -2.59. The van der Waals surface area contributed by atoms with Gasteiger partial charge in [0.05, 0.1) is 11.4 Å². The quantitative estimate of drug-likeness (QED) is 0.340. The third kappa shape index (κ3) is 2.94. The van der Waals surface area contributed by atoms with Crippen molar-refractivity contribution in [2.24, 2.45) is 12.1 Å². The van der Waals surface area contributed by atoms with Gasteiger partial charge in [0.2, 0.25) is 0 Å². The number of halogens is 1. The molecule has 0 aliphatic heterocycles. The Balaban J connectivity index is 1.72. The van der Waals surface area contributed by atoms with Gasteiger partial charge in [0.25, 0.3) is 0 Å². The van der Waals surface area contributed by atoms with E-state index < -0.39 is 0 Å². The largest absolute Gasteiger partial charge is 0.344 e. The highest BCUT2D eigenvalue weighted by Gasteiger charge is 2.09. The minimum atomic E-state index is 0.956. The molecule has 4 heteroatoms. The fraction of sp³-hybridized carbons (Fsp3) is 0.0952. The van der Waals surface area contributed by atoms with Crippen molar-refractivity contribution in [1.29, 1.82) is 0 Å². The Labute approximate surface area is 155 Å². The predicted molar refractivity (Wildman–Crippen MR) is 110 cm³/mol. The first-order valence-electron chi connectivity index (χ1n) is 8.17. The van der Waals surface area contributed by atoms with Gasteiger partial charge in [-0.15, -0.1) is 0 Å². The maximum Gasteiger partial charge on any atom is 0.0648 e. The zero-order valence-electron chi connectivity index (χ0n) is 14.1. The van der Waals surface area contributed by atoms with Crippen LogP contribution in [-0.2, 0) is 7.05 Å². The number of nitrogens with one attached hydrogen (secondary N) is 1. The summed E-state index contributed by atoms with van der Waals surface area (Å²) in [5, 5.41) is 7.06. The van der Waals surface area contributed by atoms with Crippen LogP contribution in [0.3, 0.4) is 0 Å². The second-order valence-electron chi connectivity index (χ2n) is 6.12. The van der Waals surface area contributed by atoms with Gasteiger partial charge in [-0.1, -0.05) is 40.2 Å². The molecule has 0 aliphatic carbocycles. The molecule has 0 fully saturated rings. The first-order chi connectivity index (χ1) is 12.1. The summed E-state index contributed by atoms with van der Waals surface area (Å²) < 4.78 is 3.29. The topological polar surface area (TPSA) is 29.3 Å². The van der Waals surface area contributed by atoms with Gasteiger partial charge in [0.15, 0.2) is 0 Å². The molecule has 0 unspecified atom stereocenters. The van der Waals surface area contributed by atoms with Crippen molar-refractivity contribution in [3.05, 3.63) is 76.8 Å². The molecule has 0 saturated carbocycles. The van der Waals surface area contributed by atoms with E-state index in [1.807, 2.05) is 31.2 Å². The molecule has 0 saturated heterocycles. The number of nitrogens with zero attached hydrogens (tertiary/aromatic N) is 2. The van der Waals surface area contributed by atoms with Crippen LogP contribution < -0.4 is 5.43 Å². The standard InChI is InChI=1S/C21H18BrN3/c1-14(23-24-17-10-8-16(22)9-11-17)15-7-12-21-19(13-15)18-5-3-4-6-20(18)25(21)2/h3-13,24H,1-2H3/b23-14-. The number of aromatic nitrogens is 1. The van der Waals surface area contributed by atoms with Crippen LogP contribution in [0.15, 0.2) is 76.3 Å². The molecule has 0 atom stereocenters. The number of rotatable bonds is 3. The lowest BCUT2D eigenvalue weighted by atomic mass is 10.1. The third-order valence-corrected chi connectivity index (χ3v) is 5.06. The van der Waals surface area contributed by atoms with E-state index in [2.05, 4.69) is 80.5 Å². The van der Waals surface area contributed by atoms with Gasteiger partial charge in [-0.25, -0.2) is 0 Å². The van der Waals surface area contributed by atoms with E-state index in [-0.39, 0.29) is 0 Å². The SMILES string of the molecule is C/C(=N/Nc1ccc(Br)cc1)c1ccc2c(c1)c1ccccc1n2C. The maximum absolute atomic E-state index is 4.53. The Bertz CT molecular complexity index is 1090. The van der Waals surface area contributed by atoms with Crippen LogP contribution in [0.4, 0.5) is 5.69 Å². The molecule has 124 valence electrons. The zero-order chi connectivity index (χ0) is 17.4. The molecule has 1 heterocycles. The molecule has 4 rings (SSSR count). The highest BCUT2D eigenvalue weighted by Crippen LogP contribution is 2.28. The lowest BCUT2D eigenvalue weighted by Gasteiger charge is -2.05. The first-order valence-corrected chi connectivity index (χ1v) is 8.96. The van der Waals surface area contributed by atoms with E-state index in [1.54, 1.807) is 0 Å². The van der Waals surface area contributed by atoms with Crippen LogP contribution in [0, 0.1) is 0 Å². The van der Waals surface area contributed by atoms with Crippen LogP contribution in [-0.4, -0.2) is 10.3 Å². The Kier molecular flexibility index (Phi) is 4.06. The van der Waals surface area contributed by atoms with E-state index in [4.69, 9.17) is 0 Å². The van der Waals surface area contributed by atoms with Crippen LogP contribution >= 0.6 is 15.9 Å². The Morgan fingerprint density at radius 3 is 2.44 bits per heavy atom. The van der Waals surface area contributed by atoms with Gasteiger partial charge < -0.3 is 4.57 Å². The van der Waals surface area contributed by atoms with Crippen LogP contribution in [0.25, 0.3) is 21.8 Å². The van der Waals surface area contributed by atoms with E-state index in [0.717, 1.165) is 21.4 Å².